The Morgan fingerprint density at radius 1 is 1.07 bits per heavy atom. The van der Waals surface area contributed by atoms with Gasteiger partial charge in [0.2, 0.25) is 0 Å². The number of carbonyl (C=O) groups is 1. The first kappa shape index (κ1) is 21.8. The molecule has 0 bridgehead atoms. The van der Waals surface area contributed by atoms with E-state index in [-0.39, 0.29) is 5.91 Å². The van der Waals surface area contributed by atoms with E-state index in [1.165, 1.54) is 7.11 Å². The van der Waals surface area contributed by atoms with Gasteiger partial charge in [0.15, 0.2) is 6.10 Å². The van der Waals surface area contributed by atoms with Crippen LogP contribution in [0.25, 0.3) is 0 Å². The Balaban J connectivity index is 1.53. The average molecular weight is 443 g/mol. The zero-order valence-corrected chi connectivity index (χ0v) is 17.7. The summed E-state index contributed by atoms with van der Waals surface area (Å²) in [6.45, 7) is 0.331. The molecule has 3 rings (SSSR count). The van der Waals surface area contributed by atoms with Crippen LogP contribution in [0.2, 0.25) is 10.0 Å². The Morgan fingerprint density at radius 2 is 1.80 bits per heavy atom. The van der Waals surface area contributed by atoms with E-state index in [0.29, 0.717) is 22.4 Å². The number of hydrogen-bond donors (Lipinski definition) is 1. The van der Waals surface area contributed by atoms with E-state index in [9.17, 15) is 4.79 Å². The molecule has 0 aromatic heterocycles. The number of rotatable bonds is 8. The maximum Gasteiger partial charge on any atom is 0.273 e. The molecule has 0 fully saturated rings. The standard InChI is InChI=1S/C23H20Cl2N2O3/c1-29-22(17-5-3-2-4-6-17)23(28)27-26-14-16-7-11-20(12-8-16)30-15-18-9-10-19(24)13-21(18)25/h2-14,22H,15H2,1H3,(H,27,28)/b26-14-/t22-/m1/s1. The second kappa shape index (κ2) is 10.8. The van der Waals surface area contributed by atoms with E-state index in [0.717, 1.165) is 16.7 Å². The number of ether oxygens (including phenoxy) is 2. The minimum atomic E-state index is -0.723. The van der Waals surface area contributed by atoms with E-state index in [2.05, 4.69) is 10.5 Å². The molecule has 5 nitrogen and oxygen atoms in total. The predicted molar refractivity (Wildman–Crippen MR) is 119 cm³/mol. The van der Waals surface area contributed by atoms with Crippen molar-refractivity contribution < 1.29 is 14.3 Å². The van der Waals surface area contributed by atoms with Crippen LogP contribution in [0.5, 0.6) is 5.75 Å². The zero-order valence-electron chi connectivity index (χ0n) is 16.2. The molecule has 0 saturated heterocycles. The van der Waals surface area contributed by atoms with Crippen LogP contribution in [-0.2, 0) is 16.1 Å². The van der Waals surface area contributed by atoms with Crippen molar-refractivity contribution in [1.82, 2.24) is 5.43 Å². The quantitative estimate of drug-likeness (QED) is 0.374. The second-order valence-electron chi connectivity index (χ2n) is 6.35. The molecule has 30 heavy (non-hydrogen) atoms. The number of hydrazone groups is 1. The van der Waals surface area contributed by atoms with Gasteiger partial charge in [-0.1, -0.05) is 59.6 Å². The Kier molecular flexibility index (Phi) is 7.85. The Labute approximate surface area is 185 Å². The lowest BCUT2D eigenvalue weighted by atomic mass is 10.1. The number of nitrogens with one attached hydrogen (secondary N) is 1. The SMILES string of the molecule is CO[C@@H](C(=O)N/N=C\c1ccc(OCc2ccc(Cl)cc2Cl)cc1)c1ccccc1. The van der Waals surface area contributed by atoms with Gasteiger partial charge in [-0.3, -0.25) is 4.79 Å². The third kappa shape index (κ3) is 6.07. The fourth-order valence-corrected chi connectivity index (χ4v) is 3.16. The molecule has 0 heterocycles. The molecular weight excluding hydrogens is 423 g/mol. The number of methoxy groups -OCH3 is 1. The van der Waals surface area contributed by atoms with Gasteiger partial charge < -0.3 is 9.47 Å². The number of hydrogen-bond acceptors (Lipinski definition) is 4. The van der Waals surface area contributed by atoms with Crippen LogP contribution >= 0.6 is 23.2 Å². The van der Waals surface area contributed by atoms with Crippen LogP contribution in [0, 0.1) is 0 Å². The molecular formula is C23H20Cl2N2O3. The van der Waals surface area contributed by atoms with Crippen molar-refractivity contribution in [2.45, 2.75) is 12.7 Å². The number of halogens is 2. The van der Waals surface area contributed by atoms with Gasteiger partial charge in [-0.2, -0.15) is 5.10 Å². The number of nitrogens with zero attached hydrogens (tertiary/aromatic N) is 1. The van der Waals surface area contributed by atoms with Crippen LogP contribution in [0.4, 0.5) is 0 Å². The summed E-state index contributed by atoms with van der Waals surface area (Å²) in [5.41, 5.74) is 4.91. The molecule has 1 atom stereocenters. The fraction of sp³-hybridized carbons (Fsp3) is 0.130. The Morgan fingerprint density at radius 3 is 2.47 bits per heavy atom. The summed E-state index contributed by atoms with van der Waals surface area (Å²) >= 11 is 12.0. The molecule has 0 radical (unpaired) electrons. The van der Waals surface area contributed by atoms with Crippen LogP contribution in [0.1, 0.15) is 22.8 Å². The summed E-state index contributed by atoms with van der Waals surface area (Å²) in [4.78, 5) is 12.3. The van der Waals surface area contributed by atoms with Crippen molar-refractivity contribution in [2.75, 3.05) is 7.11 Å². The first-order valence-corrected chi connectivity index (χ1v) is 9.90. The molecule has 3 aromatic carbocycles. The highest BCUT2D eigenvalue weighted by Crippen LogP contribution is 2.23. The Hall–Kier alpha value is -2.86. The molecule has 0 unspecified atom stereocenters. The molecule has 1 N–H and O–H groups in total. The highest BCUT2D eigenvalue weighted by molar-refractivity contribution is 6.35. The topological polar surface area (TPSA) is 59.9 Å². The van der Waals surface area contributed by atoms with Crippen LogP contribution in [0.3, 0.4) is 0 Å². The van der Waals surface area contributed by atoms with Gasteiger partial charge in [0.25, 0.3) is 5.91 Å². The maximum absolute atomic E-state index is 12.3. The van der Waals surface area contributed by atoms with Gasteiger partial charge in [0.05, 0.1) is 6.21 Å². The molecule has 3 aromatic rings. The minimum absolute atomic E-state index is 0.331. The van der Waals surface area contributed by atoms with Crippen molar-refractivity contribution in [3.8, 4) is 5.75 Å². The van der Waals surface area contributed by atoms with Crippen LogP contribution in [0.15, 0.2) is 77.9 Å². The Bertz CT molecular complexity index is 1010. The minimum Gasteiger partial charge on any atom is -0.489 e. The highest BCUT2D eigenvalue weighted by Gasteiger charge is 2.19. The number of amides is 1. The molecule has 7 heteroatoms. The van der Waals surface area contributed by atoms with Crippen LogP contribution < -0.4 is 10.2 Å². The summed E-state index contributed by atoms with van der Waals surface area (Å²) in [5.74, 6) is 0.338. The fourth-order valence-electron chi connectivity index (χ4n) is 2.70. The van der Waals surface area contributed by atoms with E-state index >= 15 is 0 Å². The molecule has 0 saturated carbocycles. The van der Waals surface area contributed by atoms with Crippen molar-refractivity contribution in [3.63, 3.8) is 0 Å². The summed E-state index contributed by atoms with van der Waals surface area (Å²) in [5, 5.41) is 5.15. The third-order valence-electron chi connectivity index (χ3n) is 4.25. The van der Waals surface area contributed by atoms with Crippen molar-refractivity contribution in [1.29, 1.82) is 0 Å². The summed E-state index contributed by atoms with van der Waals surface area (Å²) in [6.07, 6.45) is 0.828. The zero-order chi connectivity index (χ0) is 21.3. The molecule has 0 spiro atoms. The average Bonchev–Trinajstić information content (AvgIpc) is 2.75. The maximum atomic E-state index is 12.3. The smallest absolute Gasteiger partial charge is 0.273 e. The molecule has 1 amide bonds. The van der Waals surface area contributed by atoms with E-state index in [1.54, 1.807) is 18.3 Å². The van der Waals surface area contributed by atoms with Gasteiger partial charge in [0.1, 0.15) is 12.4 Å². The van der Waals surface area contributed by atoms with E-state index in [1.807, 2.05) is 60.7 Å². The van der Waals surface area contributed by atoms with Crippen molar-refractivity contribution in [3.05, 3.63) is 99.5 Å². The third-order valence-corrected chi connectivity index (χ3v) is 4.84. The summed E-state index contributed by atoms with van der Waals surface area (Å²) in [6, 6.07) is 21.8. The molecule has 0 aliphatic rings. The first-order valence-electron chi connectivity index (χ1n) is 9.14. The van der Waals surface area contributed by atoms with Gasteiger partial charge >= 0.3 is 0 Å². The van der Waals surface area contributed by atoms with Gasteiger partial charge in [-0.05, 0) is 47.5 Å². The van der Waals surface area contributed by atoms with Gasteiger partial charge in [-0.25, -0.2) is 5.43 Å². The second-order valence-corrected chi connectivity index (χ2v) is 7.20. The summed E-state index contributed by atoms with van der Waals surface area (Å²) < 4.78 is 11.0. The van der Waals surface area contributed by atoms with Crippen molar-refractivity contribution in [2.24, 2.45) is 5.10 Å². The van der Waals surface area contributed by atoms with Gasteiger partial charge in [-0.15, -0.1) is 0 Å². The van der Waals surface area contributed by atoms with E-state index < -0.39 is 6.10 Å². The predicted octanol–water partition coefficient (Wildman–Crippen LogP) is 5.41. The van der Waals surface area contributed by atoms with E-state index in [4.69, 9.17) is 32.7 Å². The number of carbonyl (C=O) groups excluding carboxylic acids is 1. The van der Waals surface area contributed by atoms with Crippen molar-refractivity contribution >= 4 is 35.3 Å². The number of benzene rings is 3. The lowest BCUT2D eigenvalue weighted by Crippen LogP contribution is -2.26. The molecule has 154 valence electrons. The normalized spacial score (nSPS) is 12.0. The van der Waals surface area contributed by atoms with Crippen LogP contribution in [-0.4, -0.2) is 19.2 Å². The first-order chi connectivity index (χ1) is 14.6. The lowest BCUT2D eigenvalue weighted by Gasteiger charge is -2.13. The molecule has 0 aliphatic heterocycles. The summed E-state index contributed by atoms with van der Waals surface area (Å²) in [7, 11) is 1.48. The lowest BCUT2D eigenvalue weighted by molar-refractivity contribution is -0.131. The molecule has 0 aliphatic carbocycles. The highest BCUT2D eigenvalue weighted by atomic mass is 35.5. The monoisotopic (exact) mass is 442 g/mol. The largest absolute Gasteiger partial charge is 0.489 e. The van der Waals surface area contributed by atoms with Gasteiger partial charge in [0, 0.05) is 22.7 Å².